The zero-order valence-corrected chi connectivity index (χ0v) is 16.4. The van der Waals surface area contributed by atoms with Gasteiger partial charge in [0.15, 0.2) is 5.82 Å². The van der Waals surface area contributed by atoms with Crippen LogP contribution in [-0.2, 0) is 4.74 Å². The van der Waals surface area contributed by atoms with Crippen LogP contribution in [0.5, 0.6) is 0 Å². The first-order valence-corrected chi connectivity index (χ1v) is 10.1. The molecular formula is C19H20FN5O3S. The number of fused-ring (bicyclic) bond motifs is 1. The molecule has 0 atom stereocenters. The molecule has 10 heteroatoms. The van der Waals surface area contributed by atoms with Gasteiger partial charge in [-0.3, -0.25) is 19.6 Å². The Labute approximate surface area is 170 Å². The summed E-state index contributed by atoms with van der Waals surface area (Å²) in [6, 6.07) is 7.39. The second-order valence-corrected chi connectivity index (χ2v) is 7.62. The number of amides is 2. The van der Waals surface area contributed by atoms with Crippen LogP contribution in [0.4, 0.5) is 10.2 Å². The second kappa shape index (κ2) is 8.68. The number of hydrogen-bond acceptors (Lipinski definition) is 6. The van der Waals surface area contributed by atoms with Gasteiger partial charge in [0.25, 0.3) is 11.8 Å². The molecule has 3 heterocycles. The first-order chi connectivity index (χ1) is 14.1. The summed E-state index contributed by atoms with van der Waals surface area (Å²) in [5.41, 5.74) is -0.0695. The van der Waals surface area contributed by atoms with Crippen molar-refractivity contribution in [3.63, 3.8) is 0 Å². The first-order valence-electron chi connectivity index (χ1n) is 9.24. The third-order valence-corrected chi connectivity index (χ3v) is 5.69. The fourth-order valence-electron chi connectivity index (χ4n) is 3.08. The maximum Gasteiger partial charge on any atom is 0.261 e. The summed E-state index contributed by atoms with van der Waals surface area (Å²) in [6.45, 7) is 4.49. The van der Waals surface area contributed by atoms with Crippen LogP contribution >= 0.6 is 11.3 Å². The molecular weight excluding hydrogens is 397 g/mol. The van der Waals surface area contributed by atoms with Crippen LogP contribution in [0.25, 0.3) is 10.2 Å². The van der Waals surface area contributed by atoms with Crippen molar-refractivity contribution in [2.75, 3.05) is 44.7 Å². The van der Waals surface area contributed by atoms with Crippen molar-refractivity contribution in [2.24, 2.45) is 0 Å². The molecule has 0 saturated carbocycles. The minimum absolute atomic E-state index is 0.0695. The van der Waals surface area contributed by atoms with E-state index in [1.807, 2.05) is 0 Å². The molecule has 29 heavy (non-hydrogen) atoms. The molecule has 152 valence electrons. The van der Waals surface area contributed by atoms with Crippen LogP contribution in [0.15, 0.2) is 30.3 Å². The van der Waals surface area contributed by atoms with E-state index < -0.39 is 11.7 Å². The largest absolute Gasteiger partial charge is 0.379 e. The van der Waals surface area contributed by atoms with Gasteiger partial charge < -0.3 is 15.4 Å². The molecule has 1 aliphatic rings. The normalized spacial score (nSPS) is 14.8. The van der Waals surface area contributed by atoms with E-state index >= 15 is 0 Å². The van der Waals surface area contributed by atoms with Crippen molar-refractivity contribution in [1.82, 2.24) is 20.4 Å². The van der Waals surface area contributed by atoms with Crippen molar-refractivity contribution < 1.29 is 18.7 Å². The Bertz CT molecular complexity index is 1030. The molecule has 1 saturated heterocycles. The molecule has 8 nitrogen and oxygen atoms in total. The number of aromatic amines is 1. The molecule has 4 rings (SSSR count). The highest BCUT2D eigenvalue weighted by Crippen LogP contribution is 2.29. The van der Waals surface area contributed by atoms with Crippen molar-refractivity contribution >= 4 is 39.2 Å². The highest BCUT2D eigenvalue weighted by Gasteiger charge is 2.18. The Morgan fingerprint density at radius 3 is 2.83 bits per heavy atom. The minimum Gasteiger partial charge on any atom is -0.379 e. The fraction of sp³-hybridized carbons (Fsp3) is 0.316. The number of carbonyl (C=O) groups is 2. The highest BCUT2D eigenvalue weighted by atomic mass is 32.1. The number of anilines is 1. The van der Waals surface area contributed by atoms with E-state index in [1.165, 1.54) is 29.5 Å². The number of rotatable bonds is 6. The summed E-state index contributed by atoms with van der Waals surface area (Å²) >= 11 is 1.25. The molecule has 0 bridgehead atoms. The third-order valence-electron chi connectivity index (χ3n) is 4.65. The molecule has 1 fully saturated rings. The number of morpholine rings is 1. The zero-order valence-electron chi connectivity index (χ0n) is 15.5. The van der Waals surface area contributed by atoms with Gasteiger partial charge in [0.1, 0.15) is 10.6 Å². The van der Waals surface area contributed by atoms with Crippen LogP contribution in [0, 0.1) is 5.82 Å². The van der Waals surface area contributed by atoms with Crippen molar-refractivity contribution in [3.05, 3.63) is 46.6 Å². The van der Waals surface area contributed by atoms with Gasteiger partial charge in [-0.1, -0.05) is 12.1 Å². The fourth-order valence-corrected chi connectivity index (χ4v) is 4.00. The number of carbonyl (C=O) groups excluding carboxylic acids is 2. The van der Waals surface area contributed by atoms with E-state index in [-0.39, 0.29) is 17.3 Å². The zero-order chi connectivity index (χ0) is 20.2. The maximum absolute atomic E-state index is 13.8. The number of ether oxygens (including phenoxy) is 1. The molecule has 1 aliphatic heterocycles. The van der Waals surface area contributed by atoms with Crippen LogP contribution in [0.1, 0.15) is 20.0 Å². The monoisotopic (exact) mass is 417 g/mol. The third kappa shape index (κ3) is 4.44. The van der Waals surface area contributed by atoms with E-state index in [0.29, 0.717) is 21.6 Å². The summed E-state index contributed by atoms with van der Waals surface area (Å²) in [4.78, 5) is 28.2. The van der Waals surface area contributed by atoms with Crippen LogP contribution in [0.3, 0.4) is 0 Å². The van der Waals surface area contributed by atoms with Gasteiger partial charge in [-0.15, -0.1) is 11.3 Å². The summed E-state index contributed by atoms with van der Waals surface area (Å²) < 4.78 is 19.1. The minimum atomic E-state index is -0.609. The molecule has 3 aromatic rings. The summed E-state index contributed by atoms with van der Waals surface area (Å²) in [5.74, 6) is -1.13. The lowest BCUT2D eigenvalue weighted by Gasteiger charge is -2.26. The summed E-state index contributed by atoms with van der Waals surface area (Å²) in [6.07, 6.45) is 0. The number of H-pyrrole nitrogens is 1. The molecule has 0 unspecified atom stereocenters. The number of benzene rings is 1. The SMILES string of the molecule is O=C(NCCN1CCOCC1)c1cc2c(NC(=O)c3ccccc3F)n[nH]c2s1. The van der Waals surface area contributed by atoms with Gasteiger partial charge in [0, 0.05) is 26.2 Å². The molecule has 0 aliphatic carbocycles. The lowest BCUT2D eigenvalue weighted by Crippen LogP contribution is -2.41. The van der Waals surface area contributed by atoms with Crippen molar-refractivity contribution in [2.45, 2.75) is 0 Å². The number of aromatic nitrogens is 2. The van der Waals surface area contributed by atoms with Crippen LogP contribution in [0.2, 0.25) is 0 Å². The van der Waals surface area contributed by atoms with E-state index in [0.717, 1.165) is 32.8 Å². The van der Waals surface area contributed by atoms with E-state index in [4.69, 9.17) is 4.74 Å². The highest BCUT2D eigenvalue weighted by molar-refractivity contribution is 7.20. The first kappa shape index (κ1) is 19.5. The topological polar surface area (TPSA) is 99.4 Å². The summed E-state index contributed by atoms with van der Waals surface area (Å²) in [5, 5.41) is 13.0. The number of nitrogens with one attached hydrogen (secondary N) is 3. The average Bonchev–Trinajstić information content (AvgIpc) is 3.31. The standard InChI is InChI=1S/C19H20FN5O3S/c20-14-4-2-1-3-12(14)17(26)22-16-13-11-15(29-19(13)24-23-16)18(27)21-5-6-25-7-9-28-10-8-25/h1-4,11H,5-10H2,(H,21,27)(H2,22,23,24,26). The van der Waals surface area contributed by atoms with Gasteiger partial charge >= 0.3 is 0 Å². The van der Waals surface area contributed by atoms with Crippen molar-refractivity contribution in [3.8, 4) is 0 Å². The van der Waals surface area contributed by atoms with Gasteiger partial charge in [0.05, 0.1) is 29.0 Å². The van der Waals surface area contributed by atoms with E-state index in [9.17, 15) is 14.0 Å². The lowest BCUT2D eigenvalue weighted by atomic mass is 10.2. The predicted molar refractivity (Wildman–Crippen MR) is 108 cm³/mol. The molecule has 0 spiro atoms. The average molecular weight is 417 g/mol. The molecule has 0 radical (unpaired) electrons. The quantitative estimate of drug-likeness (QED) is 0.570. The lowest BCUT2D eigenvalue weighted by molar-refractivity contribution is 0.0383. The Kier molecular flexibility index (Phi) is 5.84. The molecule has 1 aromatic carbocycles. The number of halogens is 1. The molecule has 3 N–H and O–H groups in total. The maximum atomic E-state index is 13.8. The number of hydrogen-bond donors (Lipinski definition) is 3. The van der Waals surface area contributed by atoms with E-state index in [1.54, 1.807) is 12.1 Å². The van der Waals surface area contributed by atoms with E-state index in [2.05, 4.69) is 25.7 Å². The van der Waals surface area contributed by atoms with Crippen molar-refractivity contribution in [1.29, 1.82) is 0 Å². The summed E-state index contributed by atoms with van der Waals surface area (Å²) in [7, 11) is 0. The second-order valence-electron chi connectivity index (χ2n) is 6.57. The molecule has 2 amide bonds. The van der Waals surface area contributed by atoms with Gasteiger partial charge in [-0.05, 0) is 18.2 Å². The van der Waals surface area contributed by atoms with Gasteiger partial charge in [-0.2, -0.15) is 5.10 Å². The Balaban J connectivity index is 1.39. The Morgan fingerprint density at radius 1 is 1.24 bits per heavy atom. The Hall–Kier alpha value is -2.82. The Morgan fingerprint density at radius 2 is 2.03 bits per heavy atom. The number of thiophene rings is 1. The molecule has 2 aromatic heterocycles. The van der Waals surface area contributed by atoms with Gasteiger partial charge in [0.2, 0.25) is 0 Å². The van der Waals surface area contributed by atoms with Gasteiger partial charge in [-0.25, -0.2) is 4.39 Å². The smallest absolute Gasteiger partial charge is 0.261 e. The predicted octanol–water partition coefficient (Wildman–Crippen LogP) is 2.08. The van der Waals surface area contributed by atoms with Crippen LogP contribution in [-0.4, -0.2) is 66.3 Å². The number of nitrogens with zero attached hydrogens (tertiary/aromatic N) is 2. The van der Waals surface area contributed by atoms with Crippen LogP contribution < -0.4 is 10.6 Å².